The highest BCUT2D eigenvalue weighted by atomic mass is 32.2. The maximum atomic E-state index is 13.0. The first kappa shape index (κ1) is 21.8. The van der Waals surface area contributed by atoms with Crippen molar-refractivity contribution in [2.24, 2.45) is 7.05 Å². The first-order valence-electron chi connectivity index (χ1n) is 10.2. The second-order valence-corrected chi connectivity index (χ2v) is 8.76. The van der Waals surface area contributed by atoms with Crippen molar-refractivity contribution in [3.05, 3.63) is 59.9 Å². The third-order valence-corrected chi connectivity index (χ3v) is 6.67. The summed E-state index contributed by atoms with van der Waals surface area (Å²) in [7, 11) is 1.95. The summed E-state index contributed by atoms with van der Waals surface area (Å²) in [5.74, 6) is 1.86. The molecule has 9 heteroatoms. The van der Waals surface area contributed by atoms with Crippen molar-refractivity contribution in [1.82, 2.24) is 24.6 Å². The molecule has 1 fully saturated rings. The minimum absolute atomic E-state index is 0.187. The van der Waals surface area contributed by atoms with Crippen LogP contribution in [0.2, 0.25) is 0 Å². The van der Waals surface area contributed by atoms with Crippen molar-refractivity contribution in [2.75, 3.05) is 25.4 Å². The molecule has 0 amide bonds. The van der Waals surface area contributed by atoms with Gasteiger partial charge < -0.3 is 9.47 Å². The van der Waals surface area contributed by atoms with E-state index in [0.29, 0.717) is 0 Å². The summed E-state index contributed by atoms with van der Waals surface area (Å²) in [4.78, 5) is 6.50. The second-order valence-electron chi connectivity index (χ2n) is 7.69. The number of nitrogens with zero attached hydrogens (tertiary/aromatic N) is 5. The van der Waals surface area contributed by atoms with Crippen LogP contribution in [0.4, 0.5) is 13.2 Å². The van der Waals surface area contributed by atoms with E-state index in [4.69, 9.17) is 0 Å². The van der Waals surface area contributed by atoms with E-state index in [1.807, 2.05) is 29.8 Å². The first-order valence-corrected chi connectivity index (χ1v) is 11.2. The number of likely N-dealkylation sites (tertiary alicyclic amines) is 1. The normalized spacial score (nSPS) is 16.0. The third kappa shape index (κ3) is 5.27. The lowest BCUT2D eigenvalue weighted by Gasteiger charge is -2.32. The van der Waals surface area contributed by atoms with Gasteiger partial charge in [0.05, 0.1) is 5.56 Å². The van der Waals surface area contributed by atoms with E-state index in [-0.39, 0.29) is 5.92 Å². The topological polar surface area (TPSA) is 46.8 Å². The Kier molecular flexibility index (Phi) is 6.62. The molecule has 0 saturated carbocycles. The fourth-order valence-electron chi connectivity index (χ4n) is 3.91. The molecule has 4 rings (SSSR count). The Morgan fingerprint density at radius 2 is 1.90 bits per heavy atom. The maximum Gasteiger partial charge on any atom is 0.416 e. The predicted octanol–water partition coefficient (Wildman–Crippen LogP) is 4.87. The van der Waals surface area contributed by atoms with Gasteiger partial charge in [0.1, 0.15) is 0 Å². The fraction of sp³-hybridized carbons (Fsp3) is 0.409. The van der Waals surface area contributed by atoms with Gasteiger partial charge in [0.2, 0.25) is 0 Å². The number of aromatic nitrogens is 4. The molecule has 31 heavy (non-hydrogen) atoms. The first-order chi connectivity index (χ1) is 14.9. The number of halogens is 3. The minimum atomic E-state index is -4.29. The largest absolute Gasteiger partial charge is 0.416 e. The zero-order valence-corrected chi connectivity index (χ0v) is 18.0. The van der Waals surface area contributed by atoms with Crippen LogP contribution in [-0.4, -0.2) is 50.0 Å². The van der Waals surface area contributed by atoms with Crippen molar-refractivity contribution in [3.8, 4) is 11.4 Å². The molecule has 0 bridgehead atoms. The molecule has 5 nitrogen and oxygen atoms in total. The van der Waals surface area contributed by atoms with Crippen molar-refractivity contribution in [2.45, 2.75) is 30.1 Å². The number of hydrogen-bond acceptors (Lipinski definition) is 5. The summed E-state index contributed by atoms with van der Waals surface area (Å²) in [5.41, 5.74) is 1.17. The Balaban J connectivity index is 1.27. The maximum absolute atomic E-state index is 13.0. The van der Waals surface area contributed by atoms with Gasteiger partial charge in [-0.05, 0) is 55.6 Å². The summed E-state index contributed by atoms with van der Waals surface area (Å²) >= 11 is 1.66. The lowest BCUT2D eigenvalue weighted by atomic mass is 9.88. The summed E-state index contributed by atoms with van der Waals surface area (Å²) < 4.78 is 40.9. The van der Waals surface area contributed by atoms with Crippen LogP contribution in [0.15, 0.2) is 53.9 Å². The number of pyridine rings is 1. The average molecular weight is 448 g/mol. The van der Waals surface area contributed by atoms with Gasteiger partial charge in [-0.25, -0.2) is 0 Å². The zero-order chi connectivity index (χ0) is 21.8. The predicted molar refractivity (Wildman–Crippen MR) is 115 cm³/mol. The fourth-order valence-corrected chi connectivity index (χ4v) is 4.82. The van der Waals surface area contributed by atoms with Gasteiger partial charge in [-0.15, -0.1) is 10.2 Å². The van der Waals surface area contributed by atoms with Gasteiger partial charge in [0.15, 0.2) is 11.0 Å². The number of benzene rings is 1. The number of thioether (sulfide) groups is 1. The second kappa shape index (κ2) is 9.40. The summed E-state index contributed by atoms with van der Waals surface area (Å²) in [6.07, 6.45) is 0.964. The number of hydrogen-bond donors (Lipinski definition) is 0. The summed E-state index contributed by atoms with van der Waals surface area (Å²) in [6, 6.07) is 9.62. The Hall–Kier alpha value is -2.39. The van der Waals surface area contributed by atoms with Crippen LogP contribution in [-0.2, 0) is 13.2 Å². The Labute approximate surface area is 183 Å². The van der Waals surface area contributed by atoms with Gasteiger partial charge in [-0.2, -0.15) is 13.2 Å². The molecule has 1 saturated heterocycles. The molecule has 164 valence electrons. The van der Waals surface area contributed by atoms with E-state index in [1.54, 1.807) is 24.2 Å². The standard InChI is InChI=1S/C22H24F3N5S/c1-29-20(18-5-3-9-26-15-18)27-28-21(29)31-13-12-30-10-7-16(8-11-30)17-4-2-6-19(14-17)22(23,24)25/h2-6,9,14-16H,7-8,10-13H2,1H3. The molecule has 3 heterocycles. The SMILES string of the molecule is Cn1c(SCCN2CCC(c3cccc(C(F)(F)F)c3)CC2)nnc1-c1cccnc1. The van der Waals surface area contributed by atoms with Crippen LogP contribution in [0.1, 0.15) is 29.9 Å². The van der Waals surface area contributed by atoms with E-state index in [1.165, 1.54) is 12.1 Å². The van der Waals surface area contributed by atoms with E-state index in [2.05, 4.69) is 20.1 Å². The van der Waals surface area contributed by atoms with Crippen LogP contribution in [0.25, 0.3) is 11.4 Å². The van der Waals surface area contributed by atoms with E-state index < -0.39 is 11.7 Å². The highest BCUT2D eigenvalue weighted by molar-refractivity contribution is 7.99. The molecule has 3 aromatic rings. The summed E-state index contributed by atoms with van der Waals surface area (Å²) in [5, 5.41) is 9.43. The molecule has 0 N–H and O–H groups in total. The third-order valence-electron chi connectivity index (χ3n) is 5.67. The van der Waals surface area contributed by atoms with Crippen LogP contribution < -0.4 is 0 Å². The molecule has 0 unspecified atom stereocenters. The lowest BCUT2D eigenvalue weighted by Crippen LogP contribution is -2.34. The number of piperidine rings is 1. The molecule has 0 atom stereocenters. The van der Waals surface area contributed by atoms with E-state index >= 15 is 0 Å². The Morgan fingerprint density at radius 1 is 1.10 bits per heavy atom. The van der Waals surface area contributed by atoms with Crippen molar-refractivity contribution >= 4 is 11.8 Å². The molecular weight excluding hydrogens is 423 g/mol. The van der Waals surface area contributed by atoms with E-state index in [0.717, 1.165) is 66.4 Å². The van der Waals surface area contributed by atoms with Crippen LogP contribution in [0.5, 0.6) is 0 Å². The molecule has 2 aromatic heterocycles. The van der Waals surface area contributed by atoms with Gasteiger partial charge >= 0.3 is 6.18 Å². The monoisotopic (exact) mass is 447 g/mol. The van der Waals surface area contributed by atoms with E-state index in [9.17, 15) is 13.2 Å². The summed E-state index contributed by atoms with van der Waals surface area (Å²) in [6.45, 7) is 2.69. The molecule has 0 aliphatic carbocycles. The lowest BCUT2D eigenvalue weighted by molar-refractivity contribution is -0.137. The molecule has 1 aliphatic heterocycles. The molecule has 0 radical (unpaired) electrons. The van der Waals surface area contributed by atoms with Crippen molar-refractivity contribution in [1.29, 1.82) is 0 Å². The Bertz CT molecular complexity index is 998. The van der Waals surface area contributed by atoms with Crippen LogP contribution in [0, 0.1) is 0 Å². The minimum Gasteiger partial charge on any atom is -0.305 e. The number of rotatable bonds is 6. The quantitative estimate of drug-likeness (QED) is 0.505. The average Bonchev–Trinajstić information content (AvgIpc) is 3.15. The highest BCUT2D eigenvalue weighted by Crippen LogP contribution is 2.34. The molecule has 1 aromatic carbocycles. The number of alkyl halides is 3. The molecular formula is C22H24F3N5S. The zero-order valence-electron chi connectivity index (χ0n) is 17.2. The van der Waals surface area contributed by atoms with Crippen LogP contribution in [0.3, 0.4) is 0 Å². The highest BCUT2D eigenvalue weighted by Gasteiger charge is 2.31. The molecule has 1 aliphatic rings. The smallest absolute Gasteiger partial charge is 0.305 e. The van der Waals surface area contributed by atoms with Gasteiger partial charge in [-0.1, -0.05) is 30.0 Å². The van der Waals surface area contributed by atoms with Crippen molar-refractivity contribution < 1.29 is 13.2 Å². The van der Waals surface area contributed by atoms with Gasteiger partial charge in [0, 0.05) is 37.3 Å². The Morgan fingerprint density at radius 3 is 2.61 bits per heavy atom. The molecule has 0 spiro atoms. The van der Waals surface area contributed by atoms with Crippen LogP contribution >= 0.6 is 11.8 Å². The van der Waals surface area contributed by atoms with Gasteiger partial charge in [0.25, 0.3) is 0 Å². The van der Waals surface area contributed by atoms with Gasteiger partial charge in [-0.3, -0.25) is 4.98 Å². The van der Waals surface area contributed by atoms with Crippen molar-refractivity contribution in [3.63, 3.8) is 0 Å².